The first-order valence-corrected chi connectivity index (χ1v) is 6.45. The van der Waals surface area contributed by atoms with E-state index in [1.54, 1.807) is 0 Å². The van der Waals surface area contributed by atoms with Gasteiger partial charge in [-0.2, -0.15) is 5.10 Å². The van der Waals surface area contributed by atoms with Crippen molar-refractivity contribution in [3.05, 3.63) is 15.9 Å². The van der Waals surface area contributed by atoms with E-state index in [1.807, 2.05) is 18.7 Å². The molecule has 0 aromatic carbocycles. The monoisotopic (exact) mass is 289 g/mol. The van der Waals surface area contributed by atoms with Crippen LogP contribution in [-0.4, -0.2) is 28.0 Å². The van der Waals surface area contributed by atoms with E-state index in [4.69, 9.17) is 5.11 Å². The van der Waals surface area contributed by atoms with Gasteiger partial charge in [0.1, 0.15) is 0 Å². The highest BCUT2D eigenvalue weighted by atomic mass is 79.9. The Bertz CT molecular complexity index is 325. The average Bonchev–Trinajstić information content (AvgIpc) is 2.49. The standard InChI is InChI=1S/C11H20BrN3O/c1-9-11(12)10(15(2)14-9)8-13-6-4-3-5-7-16/h13,16H,3-8H2,1-2H3. The zero-order chi connectivity index (χ0) is 12.0. The van der Waals surface area contributed by atoms with Gasteiger partial charge in [0.05, 0.1) is 15.9 Å². The molecule has 92 valence electrons. The Morgan fingerprint density at radius 3 is 2.69 bits per heavy atom. The average molecular weight is 290 g/mol. The molecule has 0 radical (unpaired) electrons. The lowest BCUT2D eigenvalue weighted by Gasteiger charge is -2.05. The predicted molar refractivity (Wildman–Crippen MR) is 68.3 cm³/mol. The number of rotatable bonds is 7. The molecule has 0 saturated carbocycles. The Kier molecular flexibility index (Phi) is 6.01. The van der Waals surface area contributed by atoms with Crippen LogP contribution in [0.1, 0.15) is 30.7 Å². The molecule has 1 aromatic rings. The third kappa shape index (κ3) is 3.88. The van der Waals surface area contributed by atoms with Crippen LogP contribution < -0.4 is 5.32 Å². The van der Waals surface area contributed by atoms with E-state index in [0.717, 1.165) is 42.5 Å². The number of hydrogen-bond donors (Lipinski definition) is 2. The van der Waals surface area contributed by atoms with Crippen LogP contribution >= 0.6 is 15.9 Å². The van der Waals surface area contributed by atoms with Crippen molar-refractivity contribution in [3.63, 3.8) is 0 Å². The maximum atomic E-state index is 8.64. The van der Waals surface area contributed by atoms with Crippen LogP contribution in [0.4, 0.5) is 0 Å². The molecule has 1 rings (SSSR count). The molecule has 0 aliphatic heterocycles. The number of halogens is 1. The fraction of sp³-hybridized carbons (Fsp3) is 0.727. The Balaban J connectivity index is 2.26. The van der Waals surface area contributed by atoms with Crippen molar-refractivity contribution in [2.24, 2.45) is 7.05 Å². The van der Waals surface area contributed by atoms with Gasteiger partial charge in [0, 0.05) is 20.2 Å². The van der Waals surface area contributed by atoms with Gasteiger partial charge in [-0.1, -0.05) is 0 Å². The number of unbranched alkanes of at least 4 members (excludes halogenated alkanes) is 2. The van der Waals surface area contributed by atoms with E-state index in [0.29, 0.717) is 6.61 Å². The van der Waals surface area contributed by atoms with Gasteiger partial charge in [-0.3, -0.25) is 4.68 Å². The summed E-state index contributed by atoms with van der Waals surface area (Å²) in [4.78, 5) is 0. The van der Waals surface area contributed by atoms with E-state index < -0.39 is 0 Å². The molecule has 1 aromatic heterocycles. The Morgan fingerprint density at radius 1 is 1.38 bits per heavy atom. The van der Waals surface area contributed by atoms with Crippen molar-refractivity contribution >= 4 is 15.9 Å². The third-order valence-electron chi connectivity index (χ3n) is 2.57. The number of hydrogen-bond acceptors (Lipinski definition) is 3. The summed E-state index contributed by atoms with van der Waals surface area (Å²) in [6, 6.07) is 0. The van der Waals surface area contributed by atoms with Crippen LogP contribution in [0.15, 0.2) is 4.47 Å². The molecular formula is C11H20BrN3O. The first-order chi connectivity index (χ1) is 7.66. The minimum atomic E-state index is 0.298. The summed E-state index contributed by atoms with van der Waals surface area (Å²) >= 11 is 3.54. The normalized spacial score (nSPS) is 11.0. The summed E-state index contributed by atoms with van der Waals surface area (Å²) in [7, 11) is 1.96. The number of nitrogens with zero attached hydrogens (tertiary/aromatic N) is 2. The summed E-state index contributed by atoms with van der Waals surface area (Å²) in [5.74, 6) is 0. The summed E-state index contributed by atoms with van der Waals surface area (Å²) in [5, 5.41) is 16.4. The van der Waals surface area contributed by atoms with Gasteiger partial charge in [-0.15, -0.1) is 0 Å². The lowest BCUT2D eigenvalue weighted by Crippen LogP contribution is -2.17. The molecule has 4 nitrogen and oxygen atoms in total. The summed E-state index contributed by atoms with van der Waals surface area (Å²) in [6.45, 7) is 4.11. The first-order valence-electron chi connectivity index (χ1n) is 5.66. The second-order valence-corrected chi connectivity index (χ2v) is 4.72. The minimum absolute atomic E-state index is 0.298. The Morgan fingerprint density at radius 2 is 2.12 bits per heavy atom. The van der Waals surface area contributed by atoms with Gasteiger partial charge in [-0.05, 0) is 48.7 Å². The predicted octanol–water partition coefficient (Wildman–Crippen LogP) is 1.74. The molecule has 1 heterocycles. The number of nitrogens with one attached hydrogen (secondary N) is 1. The molecule has 0 aliphatic rings. The molecule has 0 amide bonds. The molecule has 0 fully saturated rings. The summed E-state index contributed by atoms with van der Waals surface area (Å²) in [6.07, 6.45) is 3.08. The largest absolute Gasteiger partial charge is 0.396 e. The Labute approximate surface area is 105 Å². The van der Waals surface area contributed by atoms with Crippen LogP contribution in [0.3, 0.4) is 0 Å². The molecule has 2 N–H and O–H groups in total. The minimum Gasteiger partial charge on any atom is -0.396 e. The molecule has 0 aliphatic carbocycles. The zero-order valence-corrected chi connectivity index (χ0v) is 11.5. The van der Waals surface area contributed by atoms with Gasteiger partial charge in [0.25, 0.3) is 0 Å². The molecular weight excluding hydrogens is 270 g/mol. The van der Waals surface area contributed by atoms with Crippen molar-refractivity contribution in [2.75, 3.05) is 13.2 Å². The van der Waals surface area contributed by atoms with Crippen molar-refractivity contribution < 1.29 is 5.11 Å². The number of aliphatic hydroxyl groups is 1. The highest BCUT2D eigenvalue weighted by Crippen LogP contribution is 2.19. The van der Waals surface area contributed by atoms with Crippen LogP contribution in [-0.2, 0) is 13.6 Å². The van der Waals surface area contributed by atoms with E-state index in [9.17, 15) is 0 Å². The van der Waals surface area contributed by atoms with Gasteiger partial charge < -0.3 is 10.4 Å². The van der Waals surface area contributed by atoms with Gasteiger partial charge in [0.2, 0.25) is 0 Å². The molecule has 0 saturated heterocycles. The summed E-state index contributed by atoms with van der Waals surface area (Å²) < 4.78 is 3.00. The Hall–Kier alpha value is -0.390. The SMILES string of the molecule is Cc1nn(C)c(CNCCCCCO)c1Br. The number of aryl methyl sites for hydroxylation is 2. The number of aromatic nitrogens is 2. The van der Waals surface area contributed by atoms with Crippen molar-refractivity contribution in [1.82, 2.24) is 15.1 Å². The molecule has 0 unspecified atom stereocenters. The van der Waals surface area contributed by atoms with E-state index in [-0.39, 0.29) is 0 Å². The van der Waals surface area contributed by atoms with Gasteiger partial charge >= 0.3 is 0 Å². The van der Waals surface area contributed by atoms with Crippen molar-refractivity contribution in [2.45, 2.75) is 32.7 Å². The molecule has 0 spiro atoms. The van der Waals surface area contributed by atoms with Crippen LogP contribution in [0.25, 0.3) is 0 Å². The highest BCUT2D eigenvalue weighted by Gasteiger charge is 2.09. The third-order valence-corrected chi connectivity index (χ3v) is 3.60. The first kappa shape index (κ1) is 13.7. The maximum Gasteiger partial charge on any atom is 0.0739 e. The van der Waals surface area contributed by atoms with Crippen LogP contribution in [0.5, 0.6) is 0 Å². The lowest BCUT2D eigenvalue weighted by molar-refractivity contribution is 0.283. The zero-order valence-electron chi connectivity index (χ0n) is 9.96. The lowest BCUT2D eigenvalue weighted by atomic mass is 10.2. The van der Waals surface area contributed by atoms with Crippen LogP contribution in [0.2, 0.25) is 0 Å². The second-order valence-electron chi connectivity index (χ2n) is 3.93. The maximum absolute atomic E-state index is 8.64. The topological polar surface area (TPSA) is 50.1 Å². The fourth-order valence-corrected chi connectivity index (χ4v) is 2.09. The quantitative estimate of drug-likeness (QED) is 0.752. The van der Waals surface area contributed by atoms with Crippen LogP contribution in [0, 0.1) is 6.92 Å². The molecule has 0 bridgehead atoms. The van der Waals surface area contributed by atoms with Gasteiger partial charge in [0.15, 0.2) is 0 Å². The van der Waals surface area contributed by atoms with Gasteiger partial charge in [-0.25, -0.2) is 0 Å². The van der Waals surface area contributed by atoms with Crippen molar-refractivity contribution in [3.8, 4) is 0 Å². The fourth-order valence-electron chi connectivity index (χ4n) is 1.62. The van der Waals surface area contributed by atoms with E-state index in [2.05, 4.69) is 26.3 Å². The smallest absolute Gasteiger partial charge is 0.0739 e. The molecule has 0 atom stereocenters. The molecule has 16 heavy (non-hydrogen) atoms. The summed E-state index contributed by atoms with van der Waals surface area (Å²) in [5.41, 5.74) is 2.21. The van der Waals surface area contributed by atoms with E-state index in [1.165, 1.54) is 5.69 Å². The number of aliphatic hydroxyl groups excluding tert-OH is 1. The highest BCUT2D eigenvalue weighted by molar-refractivity contribution is 9.10. The van der Waals surface area contributed by atoms with Crippen molar-refractivity contribution in [1.29, 1.82) is 0 Å². The second kappa shape index (κ2) is 7.04. The van der Waals surface area contributed by atoms with E-state index >= 15 is 0 Å². The molecule has 5 heteroatoms.